The third-order valence-electron chi connectivity index (χ3n) is 4.32. The highest BCUT2D eigenvalue weighted by molar-refractivity contribution is 5.96. The molecule has 0 aliphatic carbocycles. The topological polar surface area (TPSA) is 101 Å². The average molecular weight is 415 g/mol. The lowest BCUT2D eigenvalue weighted by Crippen LogP contribution is -2.43. The number of hydrogen-bond acceptors (Lipinski definition) is 5. The molecule has 1 aliphatic heterocycles. The Morgan fingerprint density at radius 3 is 2.81 bits per heavy atom. The first-order valence-corrected chi connectivity index (χ1v) is 8.38. The fraction of sp³-hybridized carbons (Fsp3) is 0.389. The molecule has 1 atom stereocenters. The van der Waals surface area contributed by atoms with Crippen LogP contribution in [0.5, 0.6) is 0 Å². The Morgan fingerprint density at radius 2 is 2.15 bits per heavy atom. The molecule has 0 radical (unpaired) electrons. The minimum absolute atomic E-state index is 0. The van der Waals surface area contributed by atoms with Gasteiger partial charge in [-0.3, -0.25) is 9.59 Å². The first kappa shape index (κ1) is 23.0. The SMILES string of the molecule is Cc1cccc(NC(=O)C2CCCN(C(=O)c3coc(CN)c3)C2)n1.Cl.Cl. The van der Waals surface area contributed by atoms with Gasteiger partial charge in [-0.25, -0.2) is 4.98 Å². The van der Waals surface area contributed by atoms with Crippen LogP contribution in [0.3, 0.4) is 0 Å². The molecule has 9 heteroatoms. The van der Waals surface area contributed by atoms with E-state index >= 15 is 0 Å². The second-order valence-electron chi connectivity index (χ2n) is 6.25. The minimum Gasteiger partial charge on any atom is -0.467 e. The van der Waals surface area contributed by atoms with Gasteiger partial charge < -0.3 is 20.4 Å². The lowest BCUT2D eigenvalue weighted by atomic mass is 9.96. The fourth-order valence-corrected chi connectivity index (χ4v) is 3.00. The highest BCUT2D eigenvalue weighted by Crippen LogP contribution is 2.21. The molecular weight excluding hydrogens is 391 g/mol. The maximum Gasteiger partial charge on any atom is 0.257 e. The Balaban J connectivity index is 0.00000182. The third-order valence-corrected chi connectivity index (χ3v) is 4.32. The standard InChI is InChI=1S/C18H22N4O3.2ClH/c1-12-4-2-6-16(20-12)21-17(23)13-5-3-7-22(10-13)18(24)14-8-15(9-19)25-11-14;;/h2,4,6,8,11,13H,3,5,7,9-10,19H2,1H3,(H,20,21,23);2*1H. The number of nitrogens with zero attached hydrogens (tertiary/aromatic N) is 2. The number of nitrogens with one attached hydrogen (secondary N) is 1. The van der Waals surface area contributed by atoms with E-state index in [4.69, 9.17) is 10.2 Å². The van der Waals surface area contributed by atoms with Crippen LogP contribution in [0.25, 0.3) is 0 Å². The first-order chi connectivity index (χ1) is 12.1. The fourth-order valence-electron chi connectivity index (χ4n) is 3.00. The Bertz CT molecular complexity index is 781. The van der Waals surface area contributed by atoms with E-state index in [1.165, 1.54) is 6.26 Å². The molecule has 0 spiro atoms. The molecule has 3 heterocycles. The number of aryl methyl sites for hydroxylation is 1. The van der Waals surface area contributed by atoms with Gasteiger partial charge in [0.05, 0.1) is 18.0 Å². The maximum absolute atomic E-state index is 12.6. The molecule has 1 aliphatic rings. The predicted molar refractivity (Wildman–Crippen MR) is 107 cm³/mol. The summed E-state index contributed by atoms with van der Waals surface area (Å²) < 4.78 is 5.23. The molecule has 7 nitrogen and oxygen atoms in total. The normalized spacial score (nSPS) is 16.1. The van der Waals surface area contributed by atoms with Gasteiger partial charge in [-0.1, -0.05) is 6.07 Å². The molecule has 148 valence electrons. The van der Waals surface area contributed by atoms with Crippen molar-refractivity contribution in [1.82, 2.24) is 9.88 Å². The van der Waals surface area contributed by atoms with Crippen molar-refractivity contribution in [3.8, 4) is 0 Å². The van der Waals surface area contributed by atoms with Crippen LogP contribution in [0.4, 0.5) is 5.82 Å². The number of carbonyl (C=O) groups excluding carboxylic acids is 2. The zero-order valence-electron chi connectivity index (χ0n) is 15.0. The van der Waals surface area contributed by atoms with Gasteiger partial charge in [-0.15, -0.1) is 24.8 Å². The van der Waals surface area contributed by atoms with Gasteiger partial charge in [0.25, 0.3) is 5.91 Å². The lowest BCUT2D eigenvalue weighted by molar-refractivity contribution is -0.121. The summed E-state index contributed by atoms with van der Waals surface area (Å²) in [5, 5.41) is 2.84. The highest BCUT2D eigenvalue weighted by atomic mass is 35.5. The van der Waals surface area contributed by atoms with E-state index in [-0.39, 0.29) is 49.1 Å². The minimum atomic E-state index is -0.249. The molecular formula is C18H24Cl2N4O3. The quantitative estimate of drug-likeness (QED) is 0.800. The van der Waals surface area contributed by atoms with Crippen LogP contribution in [0.2, 0.25) is 0 Å². The largest absolute Gasteiger partial charge is 0.467 e. The number of hydrogen-bond donors (Lipinski definition) is 2. The van der Waals surface area contributed by atoms with E-state index in [0.717, 1.165) is 18.5 Å². The molecule has 0 aromatic carbocycles. The Labute approximate surface area is 170 Å². The van der Waals surface area contributed by atoms with Crippen molar-refractivity contribution in [3.05, 3.63) is 47.5 Å². The second-order valence-corrected chi connectivity index (χ2v) is 6.25. The number of rotatable bonds is 4. The summed E-state index contributed by atoms with van der Waals surface area (Å²) in [4.78, 5) is 31.1. The van der Waals surface area contributed by atoms with Gasteiger partial charge >= 0.3 is 0 Å². The van der Waals surface area contributed by atoms with Crippen molar-refractivity contribution in [2.24, 2.45) is 11.7 Å². The molecule has 2 aromatic heterocycles. The van der Waals surface area contributed by atoms with E-state index in [9.17, 15) is 9.59 Å². The molecule has 2 amide bonds. The van der Waals surface area contributed by atoms with Crippen molar-refractivity contribution in [3.63, 3.8) is 0 Å². The summed E-state index contributed by atoms with van der Waals surface area (Å²) in [5.74, 6) is 0.622. The number of likely N-dealkylation sites (tertiary alicyclic amines) is 1. The van der Waals surface area contributed by atoms with Gasteiger partial charge in [0.2, 0.25) is 5.91 Å². The summed E-state index contributed by atoms with van der Waals surface area (Å²) in [6.07, 6.45) is 2.96. The van der Waals surface area contributed by atoms with Crippen LogP contribution in [0.1, 0.15) is 34.7 Å². The number of carbonyl (C=O) groups is 2. The summed E-state index contributed by atoms with van der Waals surface area (Å²) >= 11 is 0. The van der Waals surface area contributed by atoms with Crippen LogP contribution >= 0.6 is 24.8 Å². The van der Waals surface area contributed by atoms with E-state index in [1.54, 1.807) is 17.0 Å². The van der Waals surface area contributed by atoms with Gasteiger partial charge in [0.15, 0.2) is 0 Å². The number of piperidine rings is 1. The number of pyridine rings is 1. The Morgan fingerprint density at radius 1 is 1.37 bits per heavy atom. The van der Waals surface area contributed by atoms with Crippen LogP contribution in [-0.2, 0) is 11.3 Å². The van der Waals surface area contributed by atoms with E-state index < -0.39 is 0 Å². The smallest absolute Gasteiger partial charge is 0.257 e. The molecule has 1 unspecified atom stereocenters. The van der Waals surface area contributed by atoms with Crippen LogP contribution < -0.4 is 11.1 Å². The van der Waals surface area contributed by atoms with Crippen molar-refractivity contribution >= 4 is 42.4 Å². The van der Waals surface area contributed by atoms with Gasteiger partial charge in [0.1, 0.15) is 17.8 Å². The van der Waals surface area contributed by atoms with E-state index in [0.29, 0.717) is 30.2 Å². The number of anilines is 1. The van der Waals surface area contributed by atoms with Crippen LogP contribution in [0, 0.1) is 12.8 Å². The number of halogens is 2. The number of furan rings is 1. The summed E-state index contributed by atoms with van der Waals surface area (Å²) in [6, 6.07) is 7.14. The monoisotopic (exact) mass is 414 g/mol. The zero-order valence-corrected chi connectivity index (χ0v) is 16.6. The number of aromatic nitrogens is 1. The molecule has 3 N–H and O–H groups in total. The number of nitrogens with two attached hydrogens (primary N) is 1. The highest BCUT2D eigenvalue weighted by Gasteiger charge is 2.29. The maximum atomic E-state index is 12.6. The zero-order chi connectivity index (χ0) is 17.8. The molecule has 2 aromatic rings. The second kappa shape index (κ2) is 10.3. The molecule has 1 fully saturated rings. The van der Waals surface area contributed by atoms with Gasteiger partial charge in [-0.05, 0) is 38.0 Å². The van der Waals surface area contributed by atoms with Crippen LogP contribution in [0.15, 0.2) is 34.9 Å². The van der Waals surface area contributed by atoms with Crippen LogP contribution in [-0.4, -0.2) is 34.8 Å². The van der Waals surface area contributed by atoms with Crippen molar-refractivity contribution in [1.29, 1.82) is 0 Å². The molecule has 3 rings (SSSR count). The number of amides is 2. The summed E-state index contributed by atoms with van der Waals surface area (Å²) in [7, 11) is 0. The Kier molecular flexibility index (Phi) is 8.75. The van der Waals surface area contributed by atoms with E-state index in [1.807, 2.05) is 19.1 Å². The molecule has 27 heavy (non-hydrogen) atoms. The molecule has 0 bridgehead atoms. The Hall–Kier alpha value is -2.09. The van der Waals surface area contributed by atoms with E-state index in [2.05, 4.69) is 10.3 Å². The third kappa shape index (κ3) is 5.69. The molecule has 0 saturated carbocycles. The average Bonchev–Trinajstić information content (AvgIpc) is 3.10. The summed E-state index contributed by atoms with van der Waals surface area (Å²) in [5.41, 5.74) is 6.83. The predicted octanol–water partition coefficient (Wildman–Crippen LogP) is 2.78. The van der Waals surface area contributed by atoms with Crippen molar-refractivity contribution < 1.29 is 14.0 Å². The van der Waals surface area contributed by atoms with Gasteiger partial charge in [0, 0.05) is 18.8 Å². The molecule has 1 saturated heterocycles. The lowest BCUT2D eigenvalue weighted by Gasteiger charge is -2.31. The van der Waals surface area contributed by atoms with Crippen molar-refractivity contribution in [2.45, 2.75) is 26.3 Å². The van der Waals surface area contributed by atoms with Gasteiger partial charge in [-0.2, -0.15) is 0 Å². The summed E-state index contributed by atoms with van der Waals surface area (Å²) in [6.45, 7) is 3.15. The first-order valence-electron chi connectivity index (χ1n) is 8.38. The van der Waals surface area contributed by atoms with Crippen molar-refractivity contribution in [2.75, 3.05) is 18.4 Å².